The molecule has 1 aliphatic carbocycles. The van der Waals surface area contributed by atoms with Gasteiger partial charge in [-0.25, -0.2) is 0 Å². The van der Waals surface area contributed by atoms with Crippen molar-refractivity contribution in [2.75, 3.05) is 0 Å². The Hall–Kier alpha value is -0.380. The second kappa shape index (κ2) is 4.43. The van der Waals surface area contributed by atoms with E-state index in [4.69, 9.17) is 5.84 Å². The van der Waals surface area contributed by atoms with E-state index >= 15 is 0 Å². The molecule has 1 aliphatic rings. The molecule has 3 atom stereocenters. The molecule has 1 heterocycles. The molecule has 2 nitrogen and oxygen atoms in total. The Bertz CT molecular complexity index is 271. The zero-order chi connectivity index (χ0) is 9.97. The second-order valence-corrected chi connectivity index (χ2v) is 5.10. The summed E-state index contributed by atoms with van der Waals surface area (Å²) in [5.74, 6) is 7.26. The molecule has 0 aromatic carbocycles. The molecule has 2 rings (SSSR count). The van der Waals surface area contributed by atoms with E-state index in [0.29, 0.717) is 6.04 Å². The topological polar surface area (TPSA) is 38.0 Å². The van der Waals surface area contributed by atoms with Crippen molar-refractivity contribution >= 4 is 11.3 Å². The van der Waals surface area contributed by atoms with Gasteiger partial charge in [0, 0.05) is 6.04 Å². The number of hydrazine groups is 1. The van der Waals surface area contributed by atoms with Crippen LogP contribution in [-0.4, -0.2) is 6.04 Å². The maximum atomic E-state index is 5.57. The summed E-state index contributed by atoms with van der Waals surface area (Å²) < 4.78 is 0. The van der Waals surface area contributed by atoms with Crippen LogP contribution in [0.15, 0.2) is 16.8 Å². The lowest BCUT2D eigenvalue weighted by molar-refractivity contribution is 0.430. The first-order valence-electron chi connectivity index (χ1n) is 5.28. The first-order chi connectivity index (χ1) is 6.81. The van der Waals surface area contributed by atoms with Crippen LogP contribution in [0.2, 0.25) is 0 Å². The molecule has 14 heavy (non-hydrogen) atoms. The fraction of sp³-hybridized carbons (Fsp3) is 0.636. The summed E-state index contributed by atoms with van der Waals surface area (Å²) >= 11 is 1.77. The fourth-order valence-corrected chi connectivity index (χ4v) is 2.79. The molecule has 1 fully saturated rings. The average molecular weight is 210 g/mol. The van der Waals surface area contributed by atoms with E-state index < -0.39 is 0 Å². The molecule has 0 amide bonds. The molecule has 0 radical (unpaired) electrons. The first-order valence-corrected chi connectivity index (χ1v) is 6.22. The Morgan fingerprint density at radius 3 is 3.00 bits per heavy atom. The minimum Gasteiger partial charge on any atom is -0.271 e. The second-order valence-electron chi connectivity index (χ2n) is 4.32. The molecule has 0 saturated heterocycles. The van der Waals surface area contributed by atoms with E-state index in [1.807, 2.05) is 0 Å². The lowest BCUT2D eigenvalue weighted by Crippen LogP contribution is -2.37. The van der Waals surface area contributed by atoms with E-state index in [1.54, 1.807) is 11.3 Å². The lowest BCUT2D eigenvalue weighted by atomic mass is 10.0. The summed E-state index contributed by atoms with van der Waals surface area (Å²) in [5.41, 5.74) is 4.41. The Morgan fingerprint density at radius 1 is 1.71 bits per heavy atom. The zero-order valence-electron chi connectivity index (χ0n) is 8.57. The number of nitrogens with one attached hydrogen (secondary N) is 1. The van der Waals surface area contributed by atoms with Gasteiger partial charge in [0.1, 0.15) is 0 Å². The highest BCUT2D eigenvalue weighted by Crippen LogP contribution is 2.41. The summed E-state index contributed by atoms with van der Waals surface area (Å²) in [6.45, 7) is 2.31. The minimum atomic E-state index is 0.518. The number of hydrogen-bond acceptors (Lipinski definition) is 3. The number of hydrogen-bond donors (Lipinski definition) is 2. The molecule has 0 bridgehead atoms. The number of rotatable bonds is 5. The van der Waals surface area contributed by atoms with Crippen molar-refractivity contribution in [1.29, 1.82) is 0 Å². The van der Waals surface area contributed by atoms with Gasteiger partial charge in [0.15, 0.2) is 0 Å². The SMILES string of the molecule is CC1CC1C(CCc1ccsc1)NN. The van der Waals surface area contributed by atoms with Crippen LogP contribution in [0, 0.1) is 11.8 Å². The van der Waals surface area contributed by atoms with Gasteiger partial charge in [0.05, 0.1) is 0 Å². The third-order valence-electron chi connectivity index (χ3n) is 3.23. The Labute approximate surface area is 89.5 Å². The highest BCUT2D eigenvalue weighted by atomic mass is 32.1. The van der Waals surface area contributed by atoms with Crippen LogP contribution in [0.3, 0.4) is 0 Å². The van der Waals surface area contributed by atoms with Crippen molar-refractivity contribution in [1.82, 2.24) is 5.43 Å². The monoisotopic (exact) mass is 210 g/mol. The molecular formula is C11H18N2S. The van der Waals surface area contributed by atoms with Gasteiger partial charge in [-0.1, -0.05) is 6.92 Å². The molecule has 1 saturated carbocycles. The standard InChI is InChI=1S/C11H18N2S/c1-8-6-10(8)11(13-12)3-2-9-4-5-14-7-9/h4-5,7-8,10-11,13H,2-3,6,12H2,1H3. The predicted octanol–water partition coefficient (Wildman–Crippen LogP) is 2.17. The van der Waals surface area contributed by atoms with Gasteiger partial charge in [0.25, 0.3) is 0 Å². The van der Waals surface area contributed by atoms with Crippen LogP contribution in [-0.2, 0) is 6.42 Å². The Morgan fingerprint density at radius 2 is 2.50 bits per heavy atom. The van der Waals surface area contributed by atoms with E-state index in [1.165, 1.54) is 18.4 Å². The largest absolute Gasteiger partial charge is 0.271 e. The van der Waals surface area contributed by atoms with Gasteiger partial charge in [-0.05, 0) is 53.5 Å². The number of aryl methyl sites for hydroxylation is 1. The quantitative estimate of drug-likeness (QED) is 0.577. The summed E-state index contributed by atoms with van der Waals surface area (Å²) in [5, 5.41) is 4.36. The van der Waals surface area contributed by atoms with Crippen molar-refractivity contribution in [3.05, 3.63) is 22.4 Å². The Kier molecular flexibility index (Phi) is 3.21. The lowest BCUT2D eigenvalue weighted by Gasteiger charge is -2.14. The highest BCUT2D eigenvalue weighted by Gasteiger charge is 2.38. The van der Waals surface area contributed by atoms with Gasteiger partial charge in [-0.3, -0.25) is 11.3 Å². The summed E-state index contributed by atoms with van der Waals surface area (Å²) in [4.78, 5) is 0. The highest BCUT2D eigenvalue weighted by molar-refractivity contribution is 7.07. The third-order valence-corrected chi connectivity index (χ3v) is 3.96. The summed E-state index contributed by atoms with van der Waals surface area (Å²) in [6.07, 6.45) is 3.67. The molecule has 3 unspecified atom stereocenters. The van der Waals surface area contributed by atoms with E-state index in [2.05, 4.69) is 29.2 Å². The predicted molar refractivity (Wildman–Crippen MR) is 61.0 cm³/mol. The maximum Gasteiger partial charge on any atom is 0.0244 e. The van der Waals surface area contributed by atoms with Crippen LogP contribution in [0.5, 0.6) is 0 Å². The van der Waals surface area contributed by atoms with Crippen molar-refractivity contribution in [3.63, 3.8) is 0 Å². The van der Waals surface area contributed by atoms with Crippen molar-refractivity contribution in [2.45, 2.75) is 32.2 Å². The van der Waals surface area contributed by atoms with E-state index in [0.717, 1.165) is 18.3 Å². The van der Waals surface area contributed by atoms with E-state index in [-0.39, 0.29) is 0 Å². The smallest absolute Gasteiger partial charge is 0.0244 e. The van der Waals surface area contributed by atoms with Crippen LogP contribution < -0.4 is 11.3 Å². The molecule has 78 valence electrons. The van der Waals surface area contributed by atoms with Crippen LogP contribution in [0.1, 0.15) is 25.3 Å². The van der Waals surface area contributed by atoms with Gasteiger partial charge < -0.3 is 0 Å². The number of thiophene rings is 1. The van der Waals surface area contributed by atoms with Gasteiger partial charge in [-0.15, -0.1) is 0 Å². The molecule has 3 heteroatoms. The summed E-state index contributed by atoms with van der Waals surface area (Å²) in [7, 11) is 0. The molecule has 1 aromatic rings. The molecular weight excluding hydrogens is 192 g/mol. The van der Waals surface area contributed by atoms with Crippen LogP contribution in [0.4, 0.5) is 0 Å². The minimum absolute atomic E-state index is 0.518. The van der Waals surface area contributed by atoms with Crippen LogP contribution >= 0.6 is 11.3 Å². The van der Waals surface area contributed by atoms with Crippen molar-refractivity contribution in [3.8, 4) is 0 Å². The third kappa shape index (κ3) is 2.35. The Balaban J connectivity index is 1.78. The van der Waals surface area contributed by atoms with Crippen LogP contribution in [0.25, 0.3) is 0 Å². The average Bonchev–Trinajstić information content (AvgIpc) is 2.69. The molecule has 1 aromatic heterocycles. The number of nitrogens with two attached hydrogens (primary N) is 1. The van der Waals surface area contributed by atoms with E-state index in [9.17, 15) is 0 Å². The molecule has 3 N–H and O–H groups in total. The first kappa shape index (κ1) is 10.1. The maximum absolute atomic E-state index is 5.57. The fourth-order valence-electron chi connectivity index (χ4n) is 2.09. The molecule has 0 aliphatic heterocycles. The van der Waals surface area contributed by atoms with Gasteiger partial charge in [0.2, 0.25) is 0 Å². The zero-order valence-corrected chi connectivity index (χ0v) is 9.39. The molecule has 0 spiro atoms. The van der Waals surface area contributed by atoms with Crippen molar-refractivity contribution < 1.29 is 0 Å². The van der Waals surface area contributed by atoms with Gasteiger partial charge >= 0.3 is 0 Å². The van der Waals surface area contributed by atoms with Gasteiger partial charge in [-0.2, -0.15) is 11.3 Å². The summed E-state index contributed by atoms with van der Waals surface area (Å²) in [6, 6.07) is 2.72. The van der Waals surface area contributed by atoms with Crippen molar-refractivity contribution in [2.24, 2.45) is 17.7 Å². The normalized spacial score (nSPS) is 27.6.